The molecule has 5 aliphatic carbocycles. The van der Waals surface area contributed by atoms with Gasteiger partial charge in [-0.05, 0) is 80.5 Å². The summed E-state index contributed by atoms with van der Waals surface area (Å²) >= 11 is 0. The smallest absolute Gasteiger partial charge is 0.302 e. The third kappa shape index (κ3) is 2.16. The Labute approximate surface area is 162 Å². The largest absolute Gasteiger partial charge is 0.462 e. The molecule has 0 aromatic rings. The van der Waals surface area contributed by atoms with E-state index in [9.17, 15) is 9.59 Å². The zero-order chi connectivity index (χ0) is 19.2. The van der Waals surface area contributed by atoms with Crippen LogP contribution in [0.15, 0.2) is 0 Å². The first-order chi connectivity index (χ1) is 12.7. The molecule has 5 saturated carbocycles. The van der Waals surface area contributed by atoms with Gasteiger partial charge in [0.15, 0.2) is 0 Å². The van der Waals surface area contributed by atoms with Crippen LogP contribution in [0.3, 0.4) is 0 Å². The number of hydrogen-bond acceptors (Lipinski definition) is 4. The number of carbonyl (C=O) groups excluding carboxylic acids is 2. The summed E-state index contributed by atoms with van der Waals surface area (Å²) in [5.41, 5.74) is 0.680. The van der Waals surface area contributed by atoms with Gasteiger partial charge in [-0.25, -0.2) is 0 Å². The van der Waals surface area contributed by atoms with E-state index in [1.54, 1.807) is 6.92 Å². The topological polar surface area (TPSA) is 52.6 Å². The van der Waals surface area contributed by atoms with Crippen molar-refractivity contribution in [1.82, 2.24) is 0 Å². The van der Waals surface area contributed by atoms with Gasteiger partial charge in [0, 0.05) is 24.7 Å². The molecule has 5 rings (SSSR count). The number of rotatable bonds is 2. The van der Waals surface area contributed by atoms with Crippen molar-refractivity contribution in [3.8, 4) is 0 Å². The Bertz CT molecular complexity index is 688. The predicted molar refractivity (Wildman–Crippen MR) is 101 cm³/mol. The maximum absolute atomic E-state index is 11.9. The Hall–Kier alpha value is -1.06. The summed E-state index contributed by atoms with van der Waals surface area (Å²) in [6.45, 7) is 7.99. The van der Waals surface area contributed by atoms with Crippen LogP contribution >= 0.6 is 0 Å². The lowest BCUT2D eigenvalue weighted by atomic mass is 9.46. The molecule has 1 spiro atoms. The Morgan fingerprint density at radius 1 is 0.852 bits per heavy atom. The SMILES string of the molecule is CC(=O)O[C@H]1CC[C@H]2[C@@H]3C[C@H](OC(C)=O)[C@]45C[C@H]4CC[C@]5(C)[C@H]3CC[C@]12C. The Balaban J connectivity index is 1.48. The standard InChI is InChI=1S/C23H34O4/c1-13(24)26-19-6-5-17-16-11-20(27-14(2)25)23-12-15(23)7-10-22(23,4)18(16)8-9-21(17,19)3/h15-20H,5-12H2,1-4H3/t15-,16+,17+,18+,19+,20+,21+,22-,23+/m1/s1. The van der Waals surface area contributed by atoms with Gasteiger partial charge in [0.05, 0.1) is 0 Å². The first-order valence-corrected chi connectivity index (χ1v) is 11.1. The van der Waals surface area contributed by atoms with Gasteiger partial charge in [-0.15, -0.1) is 0 Å². The van der Waals surface area contributed by atoms with Crippen LogP contribution in [0.5, 0.6) is 0 Å². The molecule has 0 aliphatic heterocycles. The van der Waals surface area contributed by atoms with Crippen LogP contribution in [-0.2, 0) is 19.1 Å². The van der Waals surface area contributed by atoms with Crippen LogP contribution in [-0.4, -0.2) is 24.1 Å². The zero-order valence-electron chi connectivity index (χ0n) is 17.3. The molecule has 4 heteroatoms. The van der Waals surface area contributed by atoms with Crippen molar-refractivity contribution in [2.45, 2.75) is 91.3 Å². The van der Waals surface area contributed by atoms with E-state index in [0.29, 0.717) is 17.3 Å². The molecule has 0 heterocycles. The molecule has 0 radical (unpaired) electrons. The minimum Gasteiger partial charge on any atom is -0.462 e. The molecule has 0 saturated heterocycles. The highest BCUT2D eigenvalue weighted by Gasteiger charge is 2.78. The molecule has 0 N–H and O–H groups in total. The fourth-order valence-corrected chi connectivity index (χ4v) is 8.97. The number of carbonyl (C=O) groups is 2. The lowest BCUT2D eigenvalue weighted by molar-refractivity contribution is -0.187. The summed E-state index contributed by atoms with van der Waals surface area (Å²) in [6, 6.07) is 0. The minimum atomic E-state index is -0.145. The normalized spacial score (nSPS) is 55.0. The van der Waals surface area contributed by atoms with Crippen molar-refractivity contribution in [2.24, 2.45) is 39.9 Å². The number of hydrogen-bond donors (Lipinski definition) is 0. The van der Waals surface area contributed by atoms with E-state index in [2.05, 4.69) is 13.8 Å². The molecule has 150 valence electrons. The van der Waals surface area contributed by atoms with Crippen molar-refractivity contribution >= 4 is 11.9 Å². The van der Waals surface area contributed by atoms with E-state index in [-0.39, 0.29) is 35.0 Å². The summed E-state index contributed by atoms with van der Waals surface area (Å²) < 4.78 is 11.8. The number of fused-ring (bicyclic) bond motifs is 4. The predicted octanol–water partition coefficient (Wildman–Crippen LogP) is 4.50. The van der Waals surface area contributed by atoms with Gasteiger partial charge < -0.3 is 9.47 Å². The molecule has 0 amide bonds. The van der Waals surface area contributed by atoms with Gasteiger partial charge in [0.25, 0.3) is 0 Å². The fraction of sp³-hybridized carbons (Fsp3) is 0.913. The number of esters is 2. The van der Waals surface area contributed by atoms with Crippen LogP contribution in [0.25, 0.3) is 0 Å². The molecule has 4 nitrogen and oxygen atoms in total. The third-order valence-electron chi connectivity index (χ3n) is 10.1. The van der Waals surface area contributed by atoms with Gasteiger partial charge in [-0.1, -0.05) is 13.8 Å². The second-order valence-corrected chi connectivity index (χ2v) is 10.8. The fourth-order valence-electron chi connectivity index (χ4n) is 8.97. The first-order valence-electron chi connectivity index (χ1n) is 11.1. The highest BCUT2D eigenvalue weighted by molar-refractivity contribution is 5.66. The molecule has 9 atom stereocenters. The van der Waals surface area contributed by atoms with E-state index >= 15 is 0 Å². The quantitative estimate of drug-likeness (QED) is 0.668. The maximum atomic E-state index is 11.9. The Morgan fingerprint density at radius 3 is 2.22 bits per heavy atom. The Morgan fingerprint density at radius 2 is 1.56 bits per heavy atom. The third-order valence-corrected chi connectivity index (χ3v) is 10.1. The average Bonchev–Trinajstić information content (AvgIpc) is 3.12. The summed E-state index contributed by atoms with van der Waals surface area (Å²) in [4.78, 5) is 23.6. The van der Waals surface area contributed by atoms with Crippen molar-refractivity contribution in [1.29, 1.82) is 0 Å². The molecule has 5 fully saturated rings. The van der Waals surface area contributed by atoms with Crippen LogP contribution < -0.4 is 0 Å². The lowest BCUT2D eigenvalue weighted by Crippen LogP contribution is -2.57. The van der Waals surface area contributed by atoms with Crippen LogP contribution in [0, 0.1) is 39.9 Å². The average molecular weight is 375 g/mol. The summed E-state index contributed by atoms with van der Waals surface area (Å²) in [5.74, 6) is 2.45. The zero-order valence-corrected chi connectivity index (χ0v) is 17.3. The highest BCUT2D eigenvalue weighted by atomic mass is 16.5. The molecule has 5 aliphatic rings. The maximum Gasteiger partial charge on any atom is 0.302 e. The van der Waals surface area contributed by atoms with Crippen molar-refractivity contribution < 1.29 is 19.1 Å². The van der Waals surface area contributed by atoms with Gasteiger partial charge in [-0.3, -0.25) is 9.59 Å². The number of ether oxygens (including phenoxy) is 2. The highest BCUT2D eigenvalue weighted by Crippen LogP contribution is 2.82. The Kier molecular flexibility index (Phi) is 3.67. The van der Waals surface area contributed by atoms with Crippen molar-refractivity contribution in [2.75, 3.05) is 0 Å². The molecule has 0 unspecified atom stereocenters. The van der Waals surface area contributed by atoms with Gasteiger partial charge in [-0.2, -0.15) is 0 Å². The van der Waals surface area contributed by atoms with Gasteiger partial charge >= 0.3 is 11.9 Å². The molecule has 0 bridgehead atoms. The van der Waals surface area contributed by atoms with Crippen LogP contribution in [0.4, 0.5) is 0 Å². The first kappa shape index (κ1) is 18.0. The van der Waals surface area contributed by atoms with E-state index in [0.717, 1.165) is 31.1 Å². The molecule has 0 aromatic heterocycles. The molecule has 27 heavy (non-hydrogen) atoms. The van der Waals surface area contributed by atoms with Crippen molar-refractivity contribution in [3.05, 3.63) is 0 Å². The summed E-state index contributed by atoms with van der Waals surface area (Å²) in [6.07, 6.45) is 9.63. The second-order valence-electron chi connectivity index (χ2n) is 10.8. The van der Waals surface area contributed by atoms with E-state index in [4.69, 9.17) is 9.47 Å². The van der Waals surface area contributed by atoms with E-state index in [1.807, 2.05) is 0 Å². The molecular formula is C23H34O4. The monoisotopic (exact) mass is 374 g/mol. The minimum absolute atomic E-state index is 0.0640. The van der Waals surface area contributed by atoms with Crippen LogP contribution in [0.2, 0.25) is 0 Å². The second kappa shape index (κ2) is 5.51. The van der Waals surface area contributed by atoms with Gasteiger partial charge in [0.2, 0.25) is 0 Å². The summed E-state index contributed by atoms with van der Waals surface area (Å²) in [5, 5.41) is 0. The molecular weight excluding hydrogens is 340 g/mol. The molecule has 0 aromatic carbocycles. The van der Waals surface area contributed by atoms with E-state index < -0.39 is 0 Å². The van der Waals surface area contributed by atoms with Crippen LogP contribution in [0.1, 0.15) is 79.1 Å². The summed E-state index contributed by atoms with van der Waals surface area (Å²) in [7, 11) is 0. The lowest BCUT2D eigenvalue weighted by Gasteiger charge is -2.60. The van der Waals surface area contributed by atoms with Crippen molar-refractivity contribution in [3.63, 3.8) is 0 Å². The van der Waals surface area contributed by atoms with E-state index in [1.165, 1.54) is 39.0 Å². The van der Waals surface area contributed by atoms with Gasteiger partial charge in [0.1, 0.15) is 12.2 Å².